The highest BCUT2D eigenvalue weighted by Gasteiger charge is 2.32. The van der Waals surface area contributed by atoms with Gasteiger partial charge >= 0.3 is 0 Å². The summed E-state index contributed by atoms with van der Waals surface area (Å²) in [5.74, 6) is 0.676. The third kappa shape index (κ3) is 5.97. The normalized spacial score (nSPS) is 13.5. The van der Waals surface area contributed by atoms with E-state index in [-0.39, 0.29) is 5.91 Å². The summed E-state index contributed by atoms with van der Waals surface area (Å²) in [5.41, 5.74) is -0.0460. The Hall–Kier alpha value is -1.07. The lowest BCUT2D eigenvalue weighted by molar-refractivity contribution is -0.136. The van der Waals surface area contributed by atoms with Gasteiger partial charge in [0.05, 0.1) is 6.61 Å². The summed E-state index contributed by atoms with van der Waals surface area (Å²) in [5, 5.41) is 3.70. The molecule has 1 aromatic carbocycles. The van der Waals surface area contributed by atoms with Crippen LogP contribution in [0.15, 0.2) is 24.3 Å². The first-order chi connectivity index (χ1) is 10.6. The van der Waals surface area contributed by atoms with Crippen molar-refractivity contribution in [1.82, 2.24) is 0 Å². The number of carbonyl (C=O) groups is 1. The molecular formula is C17H26BrNO3. The fourth-order valence-electron chi connectivity index (χ4n) is 2.07. The zero-order valence-corrected chi connectivity index (χ0v) is 15.2. The van der Waals surface area contributed by atoms with E-state index in [0.29, 0.717) is 6.61 Å². The van der Waals surface area contributed by atoms with Gasteiger partial charge < -0.3 is 14.8 Å². The predicted octanol–water partition coefficient (Wildman–Crippen LogP) is 4.38. The van der Waals surface area contributed by atoms with E-state index >= 15 is 0 Å². The van der Waals surface area contributed by atoms with Crippen molar-refractivity contribution in [1.29, 1.82) is 0 Å². The van der Waals surface area contributed by atoms with Gasteiger partial charge in [-0.3, -0.25) is 4.79 Å². The predicted molar refractivity (Wildman–Crippen MR) is 93.9 cm³/mol. The molecule has 0 bridgehead atoms. The third-order valence-corrected chi connectivity index (χ3v) is 3.97. The molecule has 0 fully saturated rings. The number of alkyl halides is 1. The molecule has 0 spiro atoms. The molecule has 0 aliphatic heterocycles. The molecule has 0 saturated carbocycles. The van der Waals surface area contributed by atoms with E-state index in [9.17, 15) is 4.79 Å². The van der Waals surface area contributed by atoms with Crippen LogP contribution < -0.4 is 10.1 Å². The molecule has 124 valence electrons. The Kier molecular flexibility index (Phi) is 8.49. The smallest absolute Gasteiger partial charge is 0.256 e. The molecule has 1 atom stereocenters. The number of halogens is 1. The molecule has 0 radical (unpaired) electrons. The van der Waals surface area contributed by atoms with Crippen molar-refractivity contribution in [2.75, 3.05) is 24.4 Å². The van der Waals surface area contributed by atoms with E-state index in [0.717, 1.165) is 42.5 Å². The summed E-state index contributed by atoms with van der Waals surface area (Å²) in [6.45, 7) is 4.60. The van der Waals surface area contributed by atoms with Gasteiger partial charge in [0.15, 0.2) is 0 Å². The molecule has 1 unspecified atom stereocenters. The van der Waals surface area contributed by atoms with Crippen LogP contribution in [-0.4, -0.2) is 30.6 Å². The first kappa shape index (κ1) is 19.0. The van der Waals surface area contributed by atoms with Crippen molar-refractivity contribution >= 4 is 27.5 Å². The number of nitrogens with one attached hydrogen (secondary N) is 1. The fraction of sp³-hybridized carbons (Fsp3) is 0.588. The maximum absolute atomic E-state index is 12.4. The Balaban J connectivity index is 2.61. The van der Waals surface area contributed by atoms with E-state index in [1.54, 1.807) is 7.11 Å². The largest absolute Gasteiger partial charge is 0.493 e. The maximum Gasteiger partial charge on any atom is 0.256 e. The van der Waals surface area contributed by atoms with Gasteiger partial charge in [-0.15, -0.1) is 0 Å². The number of benzene rings is 1. The van der Waals surface area contributed by atoms with Gasteiger partial charge in [0.1, 0.15) is 11.4 Å². The summed E-state index contributed by atoms with van der Waals surface area (Å²) in [4.78, 5) is 12.4. The quantitative estimate of drug-likeness (QED) is 0.490. The average molecular weight is 372 g/mol. The summed E-state index contributed by atoms with van der Waals surface area (Å²) in [6.07, 6.45) is 3.92. The zero-order chi connectivity index (χ0) is 16.4. The van der Waals surface area contributed by atoms with Crippen molar-refractivity contribution in [2.45, 2.75) is 45.1 Å². The summed E-state index contributed by atoms with van der Waals surface area (Å²) < 4.78 is 10.9. The standard InChI is InChI=1S/C17H26BrNO3/c1-4-5-6-11-17(2,21-3)16(20)19-14-7-9-15(10-8-14)22-13-12-18/h7-10H,4-6,11-13H2,1-3H3,(H,19,20). The summed E-state index contributed by atoms with van der Waals surface area (Å²) in [7, 11) is 1.59. The van der Waals surface area contributed by atoms with Crippen LogP contribution in [0.1, 0.15) is 39.5 Å². The SMILES string of the molecule is CCCCCC(C)(OC)C(=O)Nc1ccc(OCCBr)cc1. The molecule has 1 rings (SSSR count). The number of rotatable bonds is 10. The molecule has 1 aromatic rings. The Labute approximate surface area is 141 Å². The monoisotopic (exact) mass is 371 g/mol. The van der Waals surface area contributed by atoms with Crippen molar-refractivity contribution in [3.05, 3.63) is 24.3 Å². The highest BCUT2D eigenvalue weighted by atomic mass is 79.9. The first-order valence-electron chi connectivity index (χ1n) is 7.71. The lowest BCUT2D eigenvalue weighted by Crippen LogP contribution is -2.41. The number of hydrogen-bond donors (Lipinski definition) is 1. The van der Waals surface area contributed by atoms with Crippen LogP contribution in [0.2, 0.25) is 0 Å². The van der Waals surface area contributed by atoms with Crippen LogP contribution in [-0.2, 0) is 9.53 Å². The number of carbonyl (C=O) groups excluding carboxylic acids is 1. The molecule has 22 heavy (non-hydrogen) atoms. The summed E-state index contributed by atoms with van der Waals surface area (Å²) in [6, 6.07) is 7.37. The van der Waals surface area contributed by atoms with Crippen molar-refractivity contribution in [3.63, 3.8) is 0 Å². The van der Waals surface area contributed by atoms with Gasteiger partial charge in [-0.1, -0.05) is 42.1 Å². The van der Waals surface area contributed by atoms with Gasteiger partial charge in [-0.25, -0.2) is 0 Å². The minimum absolute atomic E-state index is 0.111. The van der Waals surface area contributed by atoms with Gasteiger partial charge in [0.25, 0.3) is 5.91 Å². The second-order valence-electron chi connectivity index (χ2n) is 5.41. The van der Waals surface area contributed by atoms with E-state index in [4.69, 9.17) is 9.47 Å². The first-order valence-corrected chi connectivity index (χ1v) is 8.83. The molecule has 0 aliphatic rings. The molecule has 0 aromatic heterocycles. The molecule has 4 nitrogen and oxygen atoms in total. The zero-order valence-electron chi connectivity index (χ0n) is 13.7. The van der Waals surface area contributed by atoms with Crippen molar-refractivity contribution in [3.8, 4) is 5.75 Å². The van der Waals surface area contributed by atoms with Crippen molar-refractivity contribution < 1.29 is 14.3 Å². The van der Waals surface area contributed by atoms with Gasteiger partial charge in [-0.05, 0) is 37.6 Å². The minimum Gasteiger partial charge on any atom is -0.493 e. The van der Waals surface area contributed by atoms with Crippen LogP contribution >= 0.6 is 15.9 Å². The van der Waals surface area contributed by atoms with Crippen LogP contribution in [0.5, 0.6) is 5.75 Å². The summed E-state index contributed by atoms with van der Waals surface area (Å²) >= 11 is 3.31. The van der Waals surface area contributed by atoms with E-state index in [2.05, 4.69) is 28.2 Å². The third-order valence-electron chi connectivity index (χ3n) is 3.65. The lowest BCUT2D eigenvalue weighted by atomic mass is 9.97. The molecule has 0 saturated heterocycles. The van der Waals surface area contributed by atoms with E-state index < -0.39 is 5.60 Å². The Morgan fingerprint density at radius 2 is 1.95 bits per heavy atom. The van der Waals surface area contributed by atoms with Crippen LogP contribution in [0.4, 0.5) is 5.69 Å². The highest BCUT2D eigenvalue weighted by Crippen LogP contribution is 2.22. The molecule has 1 N–H and O–H groups in total. The molecular weight excluding hydrogens is 346 g/mol. The number of ether oxygens (including phenoxy) is 2. The number of amides is 1. The highest BCUT2D eigenvalue weighted by molar-refractivity contribution is 9.09. The second kappa shape index (κ2) is 9.85. The van der Waals surface area contributed by atoms with Crippen LogP contribution in [0, 0.1) is 0 Å². The van der Waals surface area contributed by atoms with Crippen LogP contribution in [0.25, 0.3) is 0 Å². The Bertz CT molecular complexity index is 450. The topological polar surface area (TPSA) is 47.6 Å². The Morgan fingerprint density at radius 3 is 2.50 bits per heavy atom. The fourth-order valence-corrected chi connectivity index (χ4v) is 2.24. The average Bonchev–Trinajstić information content (AvgIpc) is 2.54. The van der Waals surface area contributed by atoms with E-state index in [1.165, 1.54) is 0 Å². The molecule has 0 heterocycles. The van der Waals surface area contributed by atoms with Crippen LogP contribution in [0.3, 0.4) is 0 Å². The van der Waals surface area contributed by atoms with Gasteiger partial charge in [0, 0.05) is 18.1 Å². The van der Waals surface area contributed by atoms with E-state index in [1.807, 2.05) is 31.2 Å². The number of unbranched alkanes of at least 4 members (excludes halogenated alkanes) is 2. The van der Waals surface area contributed by atoms with Gasteiger partial charge in [0.2, 0.25) is 0 Å². The van der Waals surface area contributed by atoms with Gasteiger partial charge in [-0.2, -0.15) is 0 Å². The maximum atomic E-state index is 12.4. The number of methoxy groups -OCH3 is 1. The molecule has 0 aliphatic carbocycles. The number of anilines is 1. The van der Waals surface area contributed by atoms with Crippen molar-refractivity contribution in [2.24, 2.45) is 0 Å². The minimum atomic E-state index is -0.791. The second-order valence-corrected chi connectivity index (χ2v) is 6.20. The lowest BCUT2D eigenvalue weighted by Gasteiger charge is -2.27. The molecule has 5 heteroatoms. The molecule has 1 amide bonds. The number of hydrogen-bond acceptors (Lipinski definition) is 3. The Morgan fingerprint density at radius 1 is 1.27 bits per heavy atom.